The molecular weight excluding hydrogens is 465 g/mol. The fraction of sp³-hybridized carbons (Fsp3) is 0.391. The molecule has 2 N–H and O–H groups in total. The summed E-state index contributed by atoms with van der Waals surface area (Å²) in [6.45, 7) is 5.50. The smallest absolute Gasteiger partial charge is 0.416 e. The Kier molecular flexibility index (Phi) is 6.41. The number of alkyl halides is 3. The zero-order valence-electron chi connectivity index (χ0n) is 19.3. The summed E-state index contributed by atoms with van der Waals surface area (Å²) >= 11 is 0. The molecule has 1 amide bonds. The maximum atomic E-state index is 12.8. The molecule has 1 aromatic heterocycles. The van der Waals surface area contributed by atoms with Crippen molar-refractivity contribution < 1.29 is 27.8 Å². The van der Waals surface area contributed by atoms with Gasteiger partial charge in [-0.3, -0.25) is 0 Å². The summed E-state index contributed by atoms with van der Waals surface area (Å²) in [6, 6.07) is 11.1. The number of anilines is 2. The van der Waals surface area contributed by atoms with Crippen LogP contribution in [0.25, 0.3) is 11.4 Å². The van der Waals surface area contributed by atoms with E-state index >= 15 is 0 Å². The van der Waals surface area contributed by atoms with Crippen LogP contribution in [0, 0.1) is 0 Å². The van der Waals surface area contributed by atoms with Crippen LogP contribution in [0.4, 0.5) is 29.3 Å². The fourth-order valence-corrected chi connectivity index (χ4v) is 3.63. The van der Waals surface area contributed by atoms with Crippen molar-refractivity contribution in [2.45, 2.75) is 44.7 Å². The number of carbonyl (C=O) groups is 1. The van der Waals surface area contributed by atoms with E-state index in [1.165, 1.54) is 21.8 Å². The number of rotatable bonds is 4. The van der Waals surface area contributed by atoms with Crippen LogP contribution < -0.4 is 5.32 Å². The Bertz CT molecular complexity index is 1190. The van der Waals surface area contributed by atoms with Crippen molar-refractivity contribution in [3.63, 3.8) is 0 Å². The van der Waals surface area contributed by atoms with E-state index in [1.807, 2.05) is 0 Å². The van der Waals surface area contributed by atoms with E-state index in [0.29, 0.717) is 16.9 Å². The third kappa shape index (κ3) is 5.70. The highest BCUT2D eigenvalue weighted by Gasteiger charge is 2.39. The molecule has 0 aliphatic carbocycles. The zero-order valence-corrected chi connectivity index (χ0v) is 19.3. The molecule has 0 radical (unpaired) electrons. The molecule has 0 spiro atoms. The molecule has 1 aliphatic rings. The number of hydrogen-bond acceptors (Lipinski definition) is 7. The van der Waals surface area contributed by atoms with E-state index in [2.05, 4.69) is 20.7 Å². The zero-order chi connectivity index (χ0) is 25.4. The van der Waals surface area contributed by atoms with Gasteiger partial charge >= 0.3 is 12.3 Å². The van der Waals surface area contributed by atoms with Crippen LogP contribution in [0.2, 0.25) is 0 Å². The molecule has 1 aliphatic heterocycles. The molecule has 9 nitrogen and oxygen atoms in total. The molecule has 3 aromatic rings. The molecule has 2 atom stereocenters. The number of para-hydroxylation sites is 1. The number of ether oxygens (including phenoxy) is 1. The molecule has 0 bridgehead atoms. The molecule has 1 fully saturated rings. The van der Waals surface area contributed by atoms with E-state index in [4.69, 9.17) is 4.74 Å². The van der Waals surface area contributed by atoms with Crippen molar-refractivity contribution >= 4 is 17.5 Å². The Balaban J connectivity index is 1.51. The number of nitrogens with zero attached hydrogens (tertiary/aromatic N) is 5. The number of aromatic nitrogens is 4. The number of tetrazole rings is 1. The first-order valence-corrected chi connectivity index (χ1v) is 10.9. The number of nitrogens with one attached hydrogen (secondary N) is 1. The molecule has 1 saturated heterocycles. The van der Waals surface area contributed by atoms with Gasteiger partial charge in [0.25, 0.3) is 0 Å². The lowest BCUT2D eigenvalue weighted by Gasteiger charge is -2.24. The standard InChI is InChI=1S/C23H25F3N6O3/c1-22(2,3)35-21(34)31-12-18(19(33)13-31)32-29-20(28-30-32)16-6-4-5-7-17(16)27-15-10-8-14(9-11-15)23(24,25)26/h4-11,18-19,27,33H,12-13H2,1-3H3/t18-,19-/m0/s1. The highest BCUT2D eigenvalue weighted by atomic mass is 19.4. The predicted molar refractivity (Wildman–Crippen MR) is 121 cm³/mol. The van der Waals surface area contributed by atoms with Crippen LogP contribution in [0.15, 0.2) is 48.5 Å². The van der Waals surface area contributed by atoms with Crippen LogP contribution in [0.5, 0.6) is 0 Å². The molecule has 35 heavy (non-hydrogen) atoms. The fourth-order valence-electron chi connectivity index (χ4n) is 3.63. The summed E-state index contributed by atoms with van der Waals surface area (Å²) in [6.07, 6.45) is -5.86. The number of β-amino-alcohol motifs (C(OH)–C–C–N with tert-alkyl or cyclic N) is 1. The van der Waals surface area contributed by atoms with Crippen LogP contribution in [0.1, 0.15) is 32.4 Å². The second kappa shape index (κ2) is 9.17. The van der Waals surface area contributed by atoms with Crippen molar-refractivity contribution in [2.24, 2.45) is 0 Å². The van der Waals surface area contributed by atoms with Gasteiger partial charge in [0.05, 0.1) is 24.8 Å². The molecule has 4 rings (SSSR count). The summed E-state index contributed by atoms with van der Waals surface area (Å²) in [5.41, 5.74) is 0.181. The first kappa shape index (κ1) is 24.5. The lowest BCUT2D eigenvalue weighted by Crippen LogP contribution is -2.36. The monoisotopic (exact) mass is 490 g/mol. The van der Waals surface area contributed by atoms with Gasteiger partial charge in [-0.1, -0.05) is 12.1 Å². The number of halogens is 3. The minimum absolute atomic E-state index is 0.0719. The highest BCUT2D eigenvalue weighted by Crippen LogP contribution is 2.32. The first-order valence-electron chi connectivity index (χ1n) is 10.9. The number of amides is 1. The van der Waals surface area contributed by atoms with Crippen molar-refractivity contribution in [2.75, 3.05) is 18.4 Å². The summed E-state index contributed by atoms with van der Waals surface area (Å²) in [5, 5.41) is 26.1. The third-order valence-electron chi connectivity index (χ3n) is 5.29. The Labute approximate surface area is 199 Å². The quantitative estimate of drug-likeness (QED) is 0.563. The van der Waals surface area contributed by atoms with Crippen molar-refractivity contribution in [3.8, 4) is 11.4 Å². The number of aliphatic hydroxyl groups is 1. The molecule has 12 heteroatoms. The number of carbonyl (C=O) groups excluding carboxylic acids is 1. The average Bonchev–Trinajstić information content (AvgIpc) is 3.39. The average molecular weight is 490 g/mol. The molecule has 2 aromatic carbocycles. The minimum atomic E-state index is -4.41. The largest absolute Gasteiger partial charge is 0.444 e. The van der Waals surface area contributed by atoms with Gasteiger partial charge in [0.2, 0.25) is 5.82 Å². The van der Waals surface area contributed by atoms with Gasteiger partial charge in [-0.15, -0.1) is 10.2 Å². The van der Waals surface area contributed by atoms with E-state index in [-0.39, 0.29) is 18.9 Å². The Morgan fingerprint density at radius 3 is 2.43 bits per heavy atom. The van der Waals surface area contributed by atoms with Crippen LogP contribution in [-0.4, -0.2) is 61.1 Å². The van der Waals surface area contributed by atoms with Crippen molar-refractivity contribution in [1.29, 1.82) is 0 Å². The van der Waals surface area contributed by atoms with Gasteiger partial charge in [-0.05, 0) is 62.4 Å². The van der Waals surface area contributed by atoms with Crippen LogP contribution in [0.3, 0.4) is 0 Å². The normalized spacial score (nSPS) is 18.5. The number of likely N-dealkylation sites (tertiary alicyclic amines) is 1. The maximum absolute atomic E-state index is 12.8. The Hall–Kier alpha value is -3.67. The lowest BCUT2D eigenvalue weighted by atomic mass is 10.1. The molecule has 2 heterocycles. The predicted octanol–water partition coefficient (Wildman–Crippen LogP) is 4.26. The van der Waals surface area contributed by atoms with Gasteiger partial charge in [0.1, 0.15) is 11.6 Å². The van der Waals surface area contributed by atoms with E-state index in [0.717, 1.165) is 12.1 Å². The van der Waals surface area contributed by atoms with E-state index in [9.17, 15) is 23.1 Å². The van der Waals surface area contributed by atoms with E-state index in [1.54, 1.807) is 45.0 Å². The summed E-state index contributed by atoms with van der Waals surface area (Å²) < 4.78 is 43.9. The first-order chi connectivity index (χ1) is 16.4. The minimum Gasteiger partial charge on any atom is -0.444 e. The second-order valence-electron chi connectivity index (χ2n) is 9.20. The van der Waals surface area contributed by atoms with Gasteiger partial charge in [0.15, 0.2) is 0 Å². The van der Waals surface area contributed by atoms with Crippen molar-refractivity contribution in [1.82, 2.24) is 25.1 Å². The van der Waals surface area contributed by atoms with Crippen LogP contribution in [-0.2, 0) is 10.9 Å². The molecule has 0 unspecified atom stereocenters. The Morgan fingerprint density at radius 2 is 1.77 bits per heavy atom. The lowest BCUT2D eigenvalue weighted by molar-refractivity contribution is -0.137. The summed E-state index contributed by atoms with van der Waals surface area (Å²) in [7, 11) is 0. The number of aliphatic hydroxyl groups excluding tert-OH is 1. The van der Waals surface area contributed by atoms with Gasteiger partial charge in [-0.2, -0.15) is 18.0 Å². The SMILES string of the molecule is CC(C)(C)OC(=O)N1C[C@H](O)[C@@H](n2nnc(-c3ccccc3Nc3ccc(C(F)(F)F)cc3)n2)C1. The Morgan fingerprint density at radius 1 is 1.09 bits per heavy atom. The van der Waals surface area contributed by atoms with Gasteiger partial charge in [0, 0.05) is 16.9 Å². The maximum Gasteiger partial charge on any atom is 0.416 e. The second-order valence-corrected chi connectivity index (χ2v) is 9.20. The summed E-state index contributed by atoms with van der Waals surface area (Å²) in [4.78, 5) is 15.0. The van der Waals surface area contributed by atoms with E-state index < -0.39 is 35.6 Å². The molecule has 0 saturated carbocycles. The van der Waals surface area contributed by atoms with Crippen molar-refractivity contribution in [3.05, 3.63) is 54.1 Å². The third-order valence-corrected chi connectivity index (χ3v) is 5.29. The van der Waals surface area contributed by atoms with Gasteiger partial charge < -0.3 is 20.1 Å². The molecule has 186 valence electrons. The topological polar surface area (TPSA) is 105 Å². The van der Waals surface area contributed by atoms with Crippen LogP contribution >= 0.6 is 0 Å². The number of hydrogen-bond donors (Lipinski definition) is 2. The number of benzene rings is 2. The van der Waals surface area contributed by atoms with Gasteiger partial charge in [-0.25, -0.2) is 4.79 Å². The highest BCUT2D eigenvalue weighted by molar-refractivity contribution is 5.77. The molecular formula is C23H25F3N6O3. The summed E-state index contributed by atoms with van der Waals surface area (Å²) in [5.74, 6) is 0.253.